The first-order valence-electron chi connectivity index (χ1n) is 11.9. The number of halogens is 1. The second-order valence-corrected chi connectivity index (χ2v) is 9.28. The van der Waals surface area contributed by atoms with Gasteiger partial charge in [0.2, 0.25) is 0 Å². The molecule has 0 atom stereocenters. The number of ether oxygens (including phenoxy) is 2. The molecule has 2 aliphatic heterocycles. The van der Waals surface area contributed by atoms with E-state index in [1.807, 2.05) is 48.5 Å². The highest BCUT2D eigenvalue weighted by Crippen LogP contribution is 2.35. The van der Waals surface area contributed by atoms with Gasteiger partial charge in [-0.05, 0) is 48.7 Å². The predicted molar refractivity (Wildman–Crippen MR) is 130 cm³/mol. The molecule has 0 saturated carbocycles. The van der Waals surface area contributed by atoms with E-state index in [0.29, 0.717) is 13.1 Å². The summed E-state index contributed by atoms with van der Waals surface area (Å²) in [5.41, 5.74) is 2.89. The van der Waals surface area contributed by atoms with Crippen molar-refractivity contribution in [1.29, 1.82) is 0 Å². The van der Waals surface area contributed by atoms with Crippen LogP contribution in [0.15, 0.2) is 60.7 Å². The fraction of sp³-hybridized carbons (Fsp3) is 0.321. The van der Waals surface area contributed by atoms with Gasteiger partial charge < -0.3 is 24.4 Å². The van der Waals surface area contributed by atoms with E-state index >= 15 is 0 Å². The van der Waals surface area contributed by atoms with Gasteiger partial charge in [0.1, 0.15) is 41.3 Å². The number of piperidine rings is 1. The van der Waals surface area contributed by atoms with Crippen LogP contribution in [0.5, 0.6) is 17.2 Å². The summed E-state index contributed by atoms with van der Waals surface area (Å²) >= 11 is 0. The molecule has 1 saturated heterocycles. The van der Waals surface area contributed by atoms with E-state index in [-0.39, 0.29) is 24.0 Å². The molecule has 0 radical (unpaired) electrons. The van der Waals surface area contributed by atoms with Gasteiger partial charge in [-0.3, -0.25) is 4.79 Å². The summed E-state index contributed by atoms with van der Waals surface area (Å²) in [6, 6.07) is 17.4. The third-order valence-corrected chi connectivity index (χ3v) is 6.65. The van der Waals surface area contributed by atoms with E-state index in [2.05, 4.69) is 11.9 Å². The van der Waals surface area contributed by atoms with Gasteiger partial charge in [0.25, 0.3) is 5.91 Å². The van der Waals surface area contributed by atoms with Crippen molar-refractivity contribution < 1.29 is 23.8 Å². The highest BCUT2D eigenvalue weighted by atomic mass is 19.1. The number of phenols is 1. The maximum atomic E-state index is 14.1. The Kier molecular flexibility index (Phi) is 6.59. The van der Waals surface area contributed by atoms with Crippen molar-refractivity contribution in [2.45, 2.75) is 38.6 Å². The number of phenolic OH excluding ortho intramolecular Hbond substituents is 1. The Morgan fingerprint density at radius 2 is 1.77 bits per heavy atom. The van der Waals surface area contributed by atoms with Gasteiger partial charge >= 0.3 is 0 Å². The van der Waals surface area contributed by atoms with Crippen molar-refractivity contribution in [3.05, 3.63) is 88.7 Å². The van der Waals surface area contributed by atoms with Crippen LogP contribution in [0.25, 0.3) is 0 Å². The molecule has 0 unspecified atom stereocenters. The van der Waals surface area contributed by atoms with Crippen LogP contribution in [0.1, 0.15) is 39.9 Å². The second kappa shape index (κ2) is 9.96. The molecule has 1 amide bonds. The summed E-state index contributed by atoms with van der Waals surface area (Å²) in [7, 11) is 2.12. The number of rotatable bonds is 6. The molecule has 2 heterocycles. The van der Waals surface area contributed by atoms with E-state index in [1.165, 1.54) is 0 Å². The van der Waals surface area contributed by atoms with E-state index in [1.54, 1.807) is 4.90 Å². The van der Waals surface area contributed by atoms with Crippen LogP contribution >= 0.6 is 0 Å². The van der Waals surface area contributed by atoms with Crippen LogP contribution in [0, 0.1) is 5.82 Å². The zero-order chi connectivity index (χ0) is 24.4. The second-order valence-electron chi connectivity index (χ2n) is 9.28. The molecule has 0 aliphatic carbocycles. The van der Waals surface area contributed by atoms with Gasteiger partial charge in [0.05, 0.1) is 0 Å². The fourth-order valence-electron chi connectivity index (χ4n) is 4.67. The number of hydrogen-bond acceptors (Lipinski definition) is 5. The normalized spacial score (nSPS) is 16.2. The van der Waals surface area contributed by atoms with Gasteiger partial charge in [-0.2, -0.15) is 0 Å². The molecule has 1 fully saturated rings. The smallest absolute Gasteiger partial charge is 0.262 e. The Labute approximate surface area is 204 Å². The zero-order valence-electron chi connectivity index (χ0n) is 19.7. The molecule has 35 heavy (non-hydrogen) atoms. The summed E-state index contributed by atoms with van der Waals surface area (Å²) in [6.07, 6.45) is 2.19. The van der Waals surface area contributed by atoms with Gasteiger partial charge in [0.15, 0.2) is 0 Å². The lowest BCUT2D eigenvalue weighted by Crippen LogP contribution is -2.35. The van der Waals surface area contributed by atoms with Crippen molar-refractivity contribution in [2.24, 2.45) is 0 Å². The van der Waals surface area contributed by atoms with Crippen LogP contribution in [-0.4, -0.2) is 47.1 Å². The van der Waals surface area contributed by atoms with Gasteiger partial charge in [-0.25, -0.2) is 4.39 Å². The molecule has 182 valence electrons. The largest absolute Gasteiger partial charge is 0.507 e. The molecule has 0 bridgehead atoms. The number of fused-ring (bicyclic) bond motifs is 1. The standard InChI is InChI=1S/C28H29FN2O4/c1-30-11-9-23(10-12-30)35-24-8-7-20-16-31(17-21(20)13-24)28(33)27-25(32)14-22(29)15-26(27)34-18-19-5-3-2-4-6-19/h2-8,13-15,23,32H,9-12,16-18H2,1H3. The fourth-order valence-corrected chi connectivity index (χ4v) is 4.67. The first-order valence-corrected chi connectivity index (χ1v) is 11.9. The summed E-state index contributed by atoms with van der Waals surface area (Å²) < 4.78 is 26.1. The maximum absolute atomic E-state index is 14.1. The molecular formula is C28H29FN2O4. The van der Waals surface area contributed by atoms with Crippen molar-refractivity contribution in [2.75, 3.05) is 20.1 Å². The molecule has 7 heteroatoms. The summed E-state index contributed by atoms with van der Waals surface area (Å²) in [4.78, 5) is 17.4. The highest BCUT2D eigenvalue weighted by molar-refractivity contribution is 5.99. The minimum absolute atomic E-state index is 0.0265. The quantitative estimate of drug-likeness (QED) is 0.557. The topological polar surface area (TPSA) is 62.2 Å². The number of carbonyl (C=O) groups is 1. The van der Waals surface area contributed by atoms with Crippen molar-refractivity contribution in [1.82, 2.24) is 9.80 Å². The van der Waals surface area contributed by atoms with Gasteiger partial charge in [-0.1, -0.05) is 36.4 Å². The van der Waals surface area contributed by atoms with Crippen LogP contribution < -0.4 is 9.47 Å². The van der Waals surface area contributed by atoms with Crippen LogP contribution in [0.3, 0.4) is 0 Å². The molecule has 0 spiro atoms. The minimum atomic E-state index is -0.664. The van der Waals surface area contributed by atoms with Crippen LogP contribution in [0.4, 0.5) is 4.39 Å². The van der Waals surface area contributed by atoms with Crippen LogP contribution in [-0.2, 0) is 19.7 Å². The van der Waals surface area contributed by atoms with E-state index < -0.39 is 17.5 Å². The molecule has 0 aromatic heterocycles. The van der Waals surface area contributed by atoms with Crippen molar-refractivity contribution >= 4 is 5.91 Å². The Morgan fingerprint density at radius 1 is 1.03 bits per heavy atom. The third kappa shape index (κ3) is 5.25. The number of aromatic hydroxyl groups is 1. The third-order valence-electron chi connectivity index (χ3n) is 6.65. The predicted octanol–water partition coefficient (Wildman–Crippen LogP) is 4.74. The SMILES string of the molecule is CN1CCC(Oc2ccc3c(c2)CN(C(=O)c2c(O)cc(F)cc2OCc2ccccc2)C3)CC1. The van der Waals surface area contributed by atoms with E-state index in [0.717, 1.165) is 60.5 Å². The average Bonchev–Trinajstić information content (AvgIpc) is 3.28. The number of likely N-dealkylation sites (tertiary alicyclic amines) is 1. The highest BCUT2D eigenvalue weighted by Gasteiger charge is 2.30. The summed E-state index contributed by atoms with van der Waals surface area (Å²) in [5, 5.41) is 10.5. The van der Waals surface area contributed by atoms with E-state index in [4.69, 9.17) is 9.47 Å². The molecular weight excluding hydrogens is 447 g/mol. The summed E-state index contributed by atoms with van der Waals surface area (Å²) in [6.45, 7) is 2.98. The molecule has 1 N–H and O–H groups in total. The maximum Gasteiger partial charge on any atom is 0.262 e. The Hall–Kier alpha value is -3.58. The lowest BCUT2D eigenvalue weighted by Gasteiger charge is -2.29. The number of carbonyl (C=O) groups excluding carboxylic acids is 1. The van der Waals surface area contributed by atoms with Crippen molar-refractivity contribution in [3.63, 3.8) is 0 Å². The number of hydrogen-bond donors (Lipinski definition) is 1. The number of benzene rings is 3. The molecule has 3 aromatic carbocycles. The lowest BCUT2D eigenvalue weighted by atomic mass is 10.1. The first kappa shape index (κ1) is 23.2. The van der Waals surface area contributed by atoms with Gasteiger partial charge in [0, 0.05) is 38.3 Å². The minimum Gasteiger partial charge on any atom is -0.507 e. The average molecular weight is 477 g/mol. The zero-order valence-corrected chi connectivity index (χ0v) is 19.7. The van der Waals surface area contributed by atoms with Crippen molar-refractivity contribution in [3.8, 4) is 17.2 Å². The number of amides is 1. The lowest BCUT2D eigenvalue weighted by molar-refractivity contribution is 0.0742. The molecule has 6 nitrogen and oxygen atoms in total. The molecule has 2 aliphatic rings. The first-order chi connectivity index (χ1) is 17.0. The Morgan fingerprint density at radius 3 is 2.54 bits per heavy atom. The van der Waals surface area contributed by atoms with E-state index in [9.17, 15) is 14.3 Å². The Balaban J connectivity index is 1.31. The number of nitrogens with zero attached hydrogens (tertiary/aromatic N) is 2. The van der Waals surface area contributed by atoms with Crippen LogP contribution in [0.2, 0.25) is 0 Å². The Bertz CT molecular complexity index is 1210. The van der Waals surface area contributed by atoms with Gasteiger partial charge in [-0.15, -0.1) is 0 Å². The molecule has 5 rings (SSSR count). The summed E-state index contributed by atoms with van der Waals surface area (Å²) in [5.74, 6) is -0.662. The monoisotopic (exact) mass is 476 g/mol. The molecule has 3 aromatic rings.